The van der Waals surface area contributed by atoms with E-state index < -0.39 is 5.82 Å². The number of nitriles is 1. The molecular weight excluding hydrogens is 421 g/mol. The molecular formula is C26H20FN3O3. The highest BCUT2D eigenvalue weighted by Crippen LogP contribution is 2.39. The van der Waals surface area contributed by atoms with Crippen LogP contribution in [-0.2, 0) is 19.8 Å². The molecule has 0 aliphatic carbocycles. The molecule has 2 heterocycles. The molecule has 6 nitrogen and oxygen atoms in total. The summed E-state index contributed by atoms with van der Waals surface area (Å²) in [7, 11) is 0. The third kappa shape index (κ3) is 3.51. The number of ether oxygens (including phenoxy) is 1. The number of hydrogen-bond donors (Lipinski definition) is 2. The van der Waals surface area contributed by atoms with E-state index in [1.54, 1.807) is 25.1 Å². The number of nitrogens with zero attached hydrogens (tertiary/aromatic N) is 3. The summed E-state index contributed by atoms with van der Waals surface area (Å²) < 4.78 is 21.6. The van der Waals surface area contributed by atoms with Gasteiger partial charge in [-0.05, 0) is 53.9 Å². The van der Waals surface area contributed by atoms with E-state index in [1.165, 1.54) is 12.1 Å². The zero-order chi connectivity index (χ0) is 23.1. The lowest BCUT2D eigenvalue weighted by Gasteiger charge is -2.14. The van der Waals surface area contributed by atoms with Crippen LogP contribution in [0.3, 0.4) is 0 Å². The Hall–Kier alpha value is -4.15. The van der Waals surface area contributed by atoms with Gasteiger partial charge in [-0.15, -0.1) is 0 Å². The predicted octanol–water partition coefficient (Wildman–Crippen LogP) is 4.66. The number of imidazole rings is 1. The van der Waals surface area contributed by atoms with Gasteiger partial charge in [-0.2, -0.15) is 5.26 Å². The van der Waals surface area contributed by atoms with E-state index in [4.69, 9.17) is 4.74 Å². The molecule has 0 saturated carbocycles. The van der Waals surface area contributed by atoms with Crippen LogP contribution in [0.5, 0.6) is 11.5 Å². The minimum Gasteiger partial charge on any atom is -0.506 e. The van der Waals surface area contributed by atoms with Gasteiger partial charge in [-0.25, -0.2) is 9.37 Å². The average Bonchev–Trinajstić information content (AvgIpc) is 3.09. The maximum atomic E-state index is 13.9. The minimum absolute atomic E-state index is 0.0584. The fourth-order valence-corrected chi connectivity index (χ4v) is 4.35. The van der Waals surface area contributed by atoms with E-state index in [1.807, 2.05) is 28.8 Å². The van der Waals surface area contributed by atoms with Gasteiger partial charge < -0.3 is 19.5 Å². The summed E-state index contributed by atoms with van der Waals surface area (Å²) in [5.74, 6) is 0.502. The van der Waals surface area contributed by atoms with E-state index in [9.17, 15) is 19.9 Å². The molecule has 164 valence electrons. The molecule has 0 unspecified atom stereocenters. The van der Waals surface area contributed by atoms with Gasteiger partial charge >= 0.3 is 0 Å². The molecule has 4 aromatic rings. The Morgan fingerprint density at radius 3 is 2.79 bits per heavy atom. The Morgan fingerprint density at radius 1 is 1.18 bits per heavy atom. The first-order chi connectivity index (χ1) is 16.0. The number of aromatic nitrogens is 2. The standard InChI is InChI=1S/C26H20FN3O3/c1-15(11-28)25-19-7-5-16(9-17(19)14-33-23-10-18(27)6-8-20(23)25)12-30-21-3-2-4-22(32)26(21)29-24(30)13-31/h2-10,31-32H,12-14H2,1H3. The van der Waals surface area contributed by atoms with Crippen molar-refractivity contribution in [2.45, 2.75) is 26.7 Å². The number of halogens is 1. The molecule has 0 radical (unpaired) electrons. The average molecular weight is 441 g/mol. The van der Waals surface area contributed by atoms with Crippen molar-refractivity contribution in [1.29, 1.82) is 5.26 Å². The number of benzene rings is 3. The van der Waals surface area contributed by atoms with Crippen LogP contribution in [0.1, 0.15) is 35.0 Å². The SMILES string of the molecule is CC(C#N)=C1c2ccc(Cn3c(CO)nc4c(O)cccc43)cc2COc2cc(F)ccc21. The normalized spacial score (nSPS) is 14.1. The molecule has 0 saturated heterocycles. The Morgan fingerprint density at radius 2 is 2.00 bits per heavy atom. The number of aliphatic hydroxyl groups is 1. The topological polar surface area (TPSA) is 91.3 Å². The zero-order valence-corrected chi connectivity index (χ0v) is 17.8. The Balaban J connectivity index is 1.61. The van der Waals surface area contributed by atoms with Gasteiger partial charge in [0.15, 0.2) is 0 Å². The summed E-state index contributed by atoms with van der Waals surface area (Å²) >= 11 is 0. The highest BCUT2D eigenvalue weighted by Gasteiger charge is 2.22. The third-order valence-corrected chi connectivity index (χ3v) is 5.90. The quantitative estimate of drug-likeness (QED) is 0.451. The summed E-state index contributed by atoms with van der Waals surface area (Å²) in [6.07, 6.45) is 0. The van der Waals surface area contributed by atoms with Crippen LogP contribution in [-0.4, -0.2) is 19.8 Å². The number of aliphatic hydroxyl groups excluding tert-OH is 1. The second-order valence-corrected chi connectivity index (χ2v) is 7.95. The third-order valence-electron chi connectivity index (χ3n) is 5.90. The molecule has 0 amide bonds. The molecule has 1 aromatic heterocycles. The maximum Gasteiger partial charge on any atom is 0.143 e. The number of aromatic hydroxyl groups is 1. The summed E-state index contributed by atoms with van der Waals surface area (Å²) in [5.41, 5.74) is 5.73. The molecule has 1 aliphatic heterocycles. The zero-order valence-electron chi connectivity index (χ0n) is 17.8. The van der Waals surface area contributed by atoms with Crippen molar-refractivity contribution in [2.24, 2.45) is 0 Å². The van der Waals surface area contributed by atoms with Crippen molar-refractivity contribution < 1.29 is 19.3 Å². The van der Waals surface area contributed by atoms with Gasteiger partial charge in [-0.1, -0.05) is 18.2 Å². The smallest absolute Gasteiger partial charge is 0.143 e. The number of rotatable bonds is 3. The summed E-state index contributed by atoms with van der Waals surface area (Å²) in [6.45, 7) is 2.11. The number of fused-ring (bicyclic) bond motifs is 3. The molecule has 3 aromatic carbocycles. The van der Waals surface area contributed by atoms with Crippen LogP contribution in [0.25, 0.3) is 16.6 Å². The van der Waals surface area contributed by atoms with E-state index in [-0.39, 0.29) is 19.0 Å². The predicted molar refractivity (Wildman–Crippen MR) is 121 cm³/mol. The summed E-state index contributed by atoms with van der Waals surface area (Å²) in [6, 6.07) is 17.6. The van der Waals surface area contributed by atoms with Gasteiger partial charge in [0.2, 0.25) is 0 Å². The number of phenolic OH excluding ortho intramolecular Hbond substituents is 1. The van der Waals surface area contributed by atoms with E-state index >= 15 is 0 Å². The number of hydrogen-bond acceptors (Lipinski definition) is 5. The number of allylic oxidation sites excluding steroid dienone is 1. The van der Waals surface area contributed by atoms with Crippen molar-refractivity contribution in [3.63, 3.8) is 0 Å². The lowest BCUT2D eigenvalue weighted by atomic mass is 9.90. The van der Waals surface area contributed by atoms with Crippen LogP contribution in [0.4, 0.5) is 4.39 Å². The molecule has 5 rings (SSSR count). The van der Waals surface area contributed by atoms with Crippen LogP contribution < -0.4 is 4.74 Å². The van der Waals surface area contributed by atoms with Gasteiger partial charge in [0.05, 0.1) is 11.6 Å². The van der Waals surface area contributed by atoms with E-state index in [0.717, 1.165) is 22.3 Å². The minimum atomic E-state index is -0.402. The molecule has 0 spiro atoms. The summed E-state index contributed by atoms with van der Waals surface area (Å²) in [4.78, 5) is 4.37. The Labute approximate surface area is 189 Å². The van der Waals surface area contributed by atoms with Gasteiger partial charge in [0.1, 0.15) is 41.9 Å². The van der Waals surface area contributed by atoms with Gasteiger partial charge in [0.25, 0.3) is 0 Å². The lowest BCUT2D eigenvalue weighted by Crippen LogP contribution is -2.06. The Bertz CT molecular complexity index is 1480. The molecule has 0 atom stereocenters. The van der Waals surface area contributed by atoms with Gasteiger partial charge in [0, 0.05) is 29.3 Å². The fourth-order valence-electron chi connectivity index (χ4n) is 4.35. The Kier molecular flexibility index (Phi) is 5.08. The van der Waals surface area contributed by atoms with Crippen LogP contribution in [0, 0.1) is 17.1 Å². The largest absolute Gasteiger partial charge is 0.506 e. The molecule has 7 heteroatoms. The molecule has 2 N–H and O–H groups in total. The first kappa shape index (κ1) is 20.7. The second kappa shape index (κ2) is 8.08. The molecule has 1 aliphatic rings. The van der Waals surface area contributed by atoms with Crippen LogP contribution in [0.15, 0.2) is 60.2 Å². The lowest BCUT2D eigenvalue weighted by molar-refractivity contribution is 0.267. The van der Waals surface area contributed by atoms with Crippen molar-refractivity contribution >= 4 is 16.6 Å². The second-order valence-electron chi connectivity index (χ2n) is 7.95. The van der Waals surface area contributed by atoms with Crippen LogP contribution in [0.2, 0.25) is 0 Å². The monoisotopic (exact) mass is 441 g/mol. The molecule has 0 bridgehead atoms. The number of para-hydroxylation sites is 1. The highest BCUT2D eigenvalue weighted by molar-refractivity contribution is 5.88. The fraction of sp³-hybridized carbons (Fsp3) is 0.154. The highest BCUT2D eigenvalue weighted by atomic mass is 19.1. The van der Waals surface area contributed by atoms with Crippen molar-refractivity contribution in [3.8, 4) is 17.6 Å². The summed E-state index contributed by atoms with van der Waals surface area (Å²) in [5, 5.41) is 29.6. The number of phenols is 1. The van der Waals surface area contributed by atoms with Crippen LogP contribution >= 0.6 is 0 Å². The van der Waals surface area contributed by atoms with E-state index in [2.05, 4.69) is 11.1 Å². The molecule has 33 heavy (non-hydrogen) atoms. The van der Waals surface area contributed by atoms with Crippen molar-refractivity contribution in [1.82, 2.24) is 9.55 Å². The molecule has 0 fully saturated rings. The first-order valence-electron chi connectivity index (χ1n) is 10.4. The van der Waals surface area contributed by atoms with E-state index in [0.29, 0.717) is 40.3 Å². The van der Waals surface area contributed by atoms with Gasteiger partial charge in [-0.3, -0.25) is 0 Å². The maximum absolute atomic E-state index is 13.9. The van der Waals surface area contributed by atoms with Crippen molar-refractivity contribution in [3.05, 3.63) is 94.1 Å². The first-order valence-corrected chi connectivity index (χ1v) is 10.4. The van der Waals surface area contributed by atoms with Crippen molar-refractivity contribution in [2.75, 3.05) is 0 Å².